The van der Waals surface area contributed by atoms with Gasteiger partial charge in [-0.1, -0.05) is 30.4 Å². The van der Waals surface area contributed by atoms with Crippen LogP contribution in [0.3, 0.4) is 0 Å². The topological polar surface area (TPSA) is 49.3 Å². The van der Waals surface area contributed by atoms with Gasteiger partial charge in [-0.3, -0.25) is 0 Å². The first kappa shape index (κ1) is 14.0. The minimum absolute atomic E-state index is 0.112. The largest absolute Gasteiger partial charge is 0.478 e. The van der Waals surface area contributed by atoms with Gasteiger partial charge in [-0.05, 0) is 42.2 Å². The summed E-state index contributed by atoms with van der Waals surface area (Å²) in [7, 11) is 0. The molecule has 0 radical (unpaired) electrons. The number of rotatable bonds is 2. The Kier molecular flexibility index (Phi) is 3.18. The Morgan fingerprint density at radius 3 is 2.78 bits per heavy atom. The Bertz CT molecular complexity index is 815. The predicted molar refractivity (Wildman–Crippen MR) is 86.2 cm³/mol. The lowest BCUT2D eigenvalue weighted by atomic mass is 9.76. The molecule has 2 aromatic rings. The summed E-state index contributed by atoms with van der Waals surface area (Å²) in [6, 6.07) is 11.8. The molecular formula is C19H16FNO2. The number of allylic oxidation sites excluding steroid dienone is 2. The first-order valence-corrected chi connectivity index (χ1v) is 7.70. The molecule has 0 saturated carbocycles. The Labute approximate surface area is 133 Å². The molecule has 1 aliphatic carbocycles. The van der Waals surface area contributed by atoms with Crippen molar-refractivity contribution < 1.29 is 14.3 Å². The van der Waals surface area contributed by atoms with Crippen LogP contribution in [-0.2, 0) is 0 Å². The molecule has 0 bridgehead atoms. The fourth-order valence-electron chi connectivity index (χ4n) is 3.76. The van der Waals surface area contributed by atoms with Crippen LogP contribution in [0.5, 0.6) is 0 Å². The Balaban J connectivity index is 1.81. The van der Waals surface area contributed by atoms with Crippen molar-refractivity contribution in [2.24, 2.45) is 5.92 Å². The summed E-state index contributed by atoms with van der Waals surface area (Å²) in [4.78, 5) is 11.2. The molecule has 4 heteroatoms. The van der Waals surface area contributed by atoms with Gasteiger partial charge in [-0.15, -0.1) is 0 Å². The first-order chi connectivity index (χ1) is 11.1. The second kappa shape index (κ2) is 5.23. The number of aromatic carboxylic acids is 1. The molecule has 0 aromatic heterocycles. The lowest BCUT2D eigenvalue weighted by molar-refractivity contribution is 0.0696. The Hall–Kier alpha value is -2.62. The first-order valence-electron chi connectivity index (χ1n) is 7.70. The zero-order valence-corrected chi connectivity index (χ0v) is 12.4. The van der Waals surface area contributed by atoms with Gasteiger partial charge in [0.05, 0.1) is 11.6 Å². The van der Waals surface area contributed by atoms with Crippen LogP contribution in [0.2, 0.25) is 0 Å². The van der Waals surface area contributed by atoms with E-state index < -0.39 is 5.97 Å². The Morgan fingerprint density at radius 1 is 1.17 bits per heavy atom. The van der Waals surface area contributed by atoms with Gasteiger partial charge >= 0.3 is 5.97 Å². The molecule has 0 unspecified atom stereocenters. The van der Waals surface area contributed by atoms with Crippen molar-refractivity contribution in [3.8, 4) is 0 Å². The average Bonchev–Trinajstić information content (AvgIpc) is 3.04. The second-order valence-electron chi connectivity index (χ2n) is 6.10. The molecule has 0 saturated heterocycles. The van der Waals surface area contributed by atoms with Crippen molar-refractivity contribution in [3.63, 3.8) is 0 Å². The fourth-order valence-corrected chi connectivity index (χ4v) is 3.76. The SMILES string of the molecule is O=C(O)c1ccc2c(c1)[C@@H]1C=CC[C@H]1[C@@H](c1ccccc1F)N2. The van der Waals surface area contributed by atoms with Gasteiger partial charge in [-0.2, -0.15) is 0 Å². The number of benzene rings is 2. The van der Waals surface area contributed by atoms with E-state index in [1.54, 1.807) is 24.3 Å². The number of halogens is 1. The normalized spacial score (nSPS) is 24.7. The number of carbonyl (C=O) groups is 1. The molecule has 1 aliphatic heterocycles. The van der Waals surface area contributed by atoms with Gasteiger partial charge < -0.3 is 10.4 Å². The van der Waals surface area contributed by atoms with Crippen LogP contribution in [0.1, 0.15) is 39.9 Å². The molecule has 116 valence electrons. The lowest BCUT2D eigenvalue weighted by Gasteiger charge is -2.37. The molecule has 23 heavy (non-hydrogen) atoms. The van der Waals surface area contributed by atoms with E-state index >= 15 is 0 Å². The van der Waals surface area contributed by atoms with Crippen LogP contribution < -0.4 is 5.32 Å². The van der Waals surface area contributed by atoms with Crippen LogP contribution in [-0.4, -0.2) is 11.1 Å². The van der Waals surface area contributed by atoms with E-state index in [1.165, 1.54) is 6.07 Å². The second-order valence-corrected chi connectivity index (χ2v) is 6.10. The highest BCUT2D eigenvalue weighted by Crippen LogP contribution is 2.50. The highest BCUT2D eigenvalue weighted by atomic mass is 19.1. The number of fused-ring (bicyclic) bond motifs is 3. The maximum atomic E-state index is 14.2. The summed E-state index contributed by atoms with van der Waals surface area (Å²) in [5.74, 6) is -0.817. The summed E-state index contributed by atoms with van der Waals surface area (Å²) >= 11 is 0. The van der Waals surface area contributed by atoms with Crippen molar-refractivity contribution in [2.45, 2.75) is 18.4 Å². The van der Waals surface area contributed by atoms with Gasteiger partial charge in [0.2, 0.25) is 0 Å². The Morgan fingerprint density at radius 2 is 2.00 bits per heavy atom. The molecule has 2 N–H and O–H groups in total. The highest BCUT2D eigenvalue weighted by Gasteiger charge is 2.39. The van der Waals surface area contributed by atoms with Crippen molar-refractivity contribution in [1.82, 2.24) is 0 Å². The third-order valence-corrected chi connectivity index (χ3v) is 4.85. The summed E-state index contributed by atoms with van der Waals surface area (Å²) in [5, 5.41) is 12.6. The molecule has 0 amide bonds. The summed E-state index contributed by atoms with van der Waals surface area (Å²) in [6.07, 6.45) is 5.07. The zero-order chi connectivity index (χ0) is 16.0. The quantitative estimate of drug-likeness (QED) is 0.811. The molecule has 2 aliphatic rings. The summed E-state index contributed by atoms with van der Waals surface area (Å²) in [5.41, 5.74) is 2.82. The van der Waals surface area contributed by atoms with Gasteiger partial charge in [-0.25, -0.2) is 9.18 Å². The third-order valence-electron chi connectivity index (χ3n) is 4.85. The predicted octanol–water partition coefficient (Wildman–Crippen LogP) is 4.35. The van der Waals surface area contributed by atoms with E-state index in [1.807, 2.05) is 12.1 Å². The summed E-state index contributed by atoms with van der Waals surface area (Å²) in [6.45, 7) is 0. The highest BCUT2D eigenvalue weighted by molar-refractivity contribution is 5.89. The van der Waals surface area contributed by atoms with E-state index in [4.69, 9.17) is 0 Å². The molecule has 3 atom stereocenters. The van der Waals surface area contributed by atoms with Gasteiger partial charge in [0, 0.05) is 17.2 Å². The summed E-state index contributed by atoms with van der Waals surface area (Å²) < 4.78 is 14.2. The smallest absolute Gasteiger partial charge is 0.335 e. The van der Waals surface area contributed by atoms with Gasteiger partial charge in [0.1, 0.15) is 5.82 Å². The van der Waals surface area contributed by atoms with Crippen LogP contribution in [0.25, 0.3) is 0 Å². The minimum atomic E-state index is -0.928. The van der Waals surface area contributed by atoms with E-state index in [-0.39, 0.29) is 29.3 Å². The third kappa shape index (κ3) is 2.22. The zero-order valence-electron chi connectivity index (χ0n) is 12.4. The maximum absolute atomic E-state index is 14.2. The van der Waals surface area contributed by atoms with Crippen molar-refractivity contribution in [1.29, 1.82) is 0 Å². The fraction of sp³-hybridized carbons (Fsp3) is 0.211. The number of hydrogen-bond acceptors (Lipinski definition) is 2. The number of carboxylic acids is 1. The number of carboxylic acid groups (broad SMARTS) is 1. The molecule has 0 spiro atoms. The van der Waals surface area contributed by atoms with Crippen molar-refractivity contribution >= 4 is 11.7 Å². The van der Waals surface area contributed by atoms with E-state index in [0.717, 1.165) is 17.7 Å². The van der Waals surface area contributed by atoms with Gasteiger partial charge in [0.15, 0.2) is 0 Å². The number of hydrogen-bond donors (Lipinski definition) is 2. The monoisotopic (exact) mass is 309 g/mol. The van der Waals surface area contributed by atoms with E-state index in [2.05, 4.69) is 17.5 Å². The number of anilines is 1. The van der Waals surface area contributed by atoms with Crippen LogP contribution >= 0.6 is 0 Å². The standard InChI is InChI=1S/C19H16FNO2/c20-16-7-2-1-4-14(16)18-13-6-3-5-12(13)15-10-11(19(22)23)8-9-17(15)21-18/h1-5,7-10,12-13,18,21H,6H2,(H,22,23)/t12-,13-,18+/m1/s1. The minimum Gasteiger partial charge on any atom is -0.478 e. The van der Waals surface area contributed by atoms with Crippen molar-refractivity contribution in [3.05, 3.63) is 77.1 Å². The van der Waals surface area contributed by atoms with Crippen LogP contribution in [0.15, 0.2) is 54.6 Å². The maximum Gasteiger partial charge on any atom is 0.335 e. The molecule has 3 nitrogen and oxygen atoms in total. The molecule has 4 rings (SSSR count). The average molecular weight is 309 g/mol. The van der Waals surface area contributed by atoms with E-state index in [0.29, 0.717) is 5.56 Å². The van der Waals surface area contributed by atoms with Crippen LogP contribution in [0, 0.1) is 11.7 Å². The number of nitrogens with one attached hydrogen (secondary N) is 1. The molecular weight excluding hydrogens is 293 g/mol. The molecule has 2 aromatic carbocycles. The molecule has 0 fully saturated rings. The lowest BCUT2D eigenvalue weighted by Crippen LogP contribution is -2.29. The van der Waals surface area contributed by atoms with Crippen LogP contribution in [0.4, 0.5) is 10.1 Å². The van der Waals surface area contributed by atoms with Crippen molar-refractivity contribution in [2.75, 3.05) is 5.32 Å². The van der Waals surface area contributed by atoms with E-state index in [9.17, 15) is 14.3 Å². The van der Waals surface area contributed by atoms with Gasteiger partial charge in [0.25, 0.3) is 0 Å². The molecule has 1 heterocycles.